The molecule has 0 spiro atoms. The van der Waals surface area contributed by atoms with Gasteiger partial charge in [-0.2, -0.15) is 0 Å². The van der Waals surface area contributed by atoms with E-state index in [0.717, 1.165) is 28.7 Å². The van der Waals surface area contributed by atoms with E-state index in [1.807, 2.05) is 50.2 Å². The van der Waals surface area contributed by atoms with E-state index in [1.165, 1.54) is 0 Å². The molecule has 6 aromatic carbocycles. The molecule has 0 atom stereocenters. The van der Waals surface area contributed by atoms with E-state index < -0.39 is 23.9 Å². The summed E-state index contributed by atoms with van der Waals surface area (Å²) in [5.74, 6) is -0.172. The minimum atomic E-state index is -0.497. The molecule has 302 valence electrons. The number of benzene rings is 6. The van der Waals surface area contributed by atoms with Gasteiger partial charge >= 0.3 is 23.9 Å². The van der Waals surface area contributed by atoms with Gasteiger partial charge in [-0.3, -0.25) is 0 Å². The Morgan fingerprint density at radius 2 is 0.763 bits per heavy atom. The molecule has 8 heteroatoms. The summed E-state index contributed by atoms with van der Waals surface area (Å²) >= 11 is 0. The van der Waals surface area contributed by atoms with Crippen LogP contribution in [0.3, 0.4) is 0 Å². The Morgan fingerprint density at radius 1 is 0.441 bits per heavy atom. The highest BCUT2D eigenvalue weighted by Gasteiger charge is 2.23. The highest BCUT2D eigenvalue weighted by molar-refractivity contribution is 5.94. The zero-order chi connectivity index (χ0) is 42.3. The fourth-order valence-electron chi connectivity index (χ4n) is 6.22. The lowest BCUT2D eigenvalue weighted by atomic mass is 9.98. The molecule has 0 aliphatic heterocycles. The van der Waals surface area contributed by atoms with Gasteiger partial charge < -0.3 is 18.9 Å². The van der Waals surface area contributed by atoms with E-state index in [1.54, 1.807) is 109 Å². The summed E-state index contributed by atoms with van der Waals surface area (Å²) in [6.45, 7) is 12.3. The van der Waals surface area contributed by atoms with Crippen LogP contribution in [-0.2, 0) is 19.3 Å². The van der Waals surface area contributed by atoms with Gasteiger partial charge in [-0.05, 0) is 121 Å². The molecule has 0 fully saturated rings. The molecule has 6 aromatic rings. The van der Waals surface area contributed by atoms with Gasteiger partial charge in [0.05, 0.1) is 22.3 Å². The van der Waals surface area contributed by atoms with Crippen LogP contribution < -0.4 is 18.9 Å². The van der Waals surface area contributed by atoms with Crippen molar-refractivity contribution in [2.45, 2.75) is 60.8 Å². The van der Waals surface area contributed by atoms with Gasteiger partial charge in [-0.25, -0.2) is 19.2 Å². The zero-order valence-corrected chi connectivity index (χ0v) is 34.4. The Morgan fingerprint density at radius 3 is 1.10 bits per heavy atom. The molecule has 0 heterocycles. The van der Waals surface area contributed by atoms with E-state index in [0.29, 0.717) is 58.4 Å². The lowest BCUT2D eigenvalue weighted by Gasteiger charge is -2.18. The third kappa shape index (κ3) is 12.6. The average Bonchev–Trinajstić information content (AvgIpc) is 3.24. The third-order valence-electron chi connectivity index (χ3n) is 8.97. The standard InChI is InChI=1S/C26H26O4.C25H24O4/c1-4-19-16-22(15-18(2)3)24(30-26(28)21-13-9-6-10-14-21)23(17-19)29-25(27)20-11-7-5-8-12-20;1-17(2)14-21-15-18(3)16-22(28-24(26)19-10-6-4-7-11-19)23(21)29-25(27)20-12-8-5-9-13-20/h5-14,16-18H,4,15H2,1-3H3;4-13,15-17H,14H2,1-3H3. The van der Waals surface area contributed by atoms with Crippen molar-refractivity contribution in [3.63, 3.8) is 0 Å². The van der Waals surface area contributed by atoms with Gasteiger partial charge in [0.1, 0.15) is 0 Å². The molecule has 59 heavy (non-hydrogen) atoms. The van der Waals surface area contributed by atoms with Crippen molar-refractivity contribution in [3.8, 4) is 23.0 Å². The first kappa shape index (κ1) is 43.3. The number of hydrogen-bond donors (Lipinski definition) is 0. The van der Waals surface area contributed by atoms with Crippen molar-refractivity contribution in [3.05, 3.63) is 190 Å². The minimum Gasteiger partial charge on any atom is -0.419 e. The van der Waals surface area contributed by atoms with Crippen molar-refractivity contribution >= 4 is 23.9 Å². The van der Waals surface area contributed by atoms with E-state index in [4.69, 9.17) is 18.9 Å². The van der Waals surface area contributed by atoms with Crippen LogP contribution in [0.5, 0.6) is 23.0 Å². The first-order valence-electron chi connectivity index (χ1n) is 19.8. The number of aryl methyl sites for hydroxylation is 2. The molecule has 0 amide bonds. The number of carbonyl (C=O) groups is 4. The molecule has 0 bridgehead atoms. The molecule has 0 saturated heterocycles. The number of rotatable bonds is 13. The maximum Gasteiger partial charge on any atom is 0.343 e. The van der Waals surface area contributed by atoms with Crippen LogP contribution in [0.2, 0.25) is 0 Å². The summed E-state index contributed by atoms with van der Waals surface area (Å²) in [6.07, 6.45) is 2.16. The molecule has 0 unspecified atom stereocenters. The maximum atomic E-state index is 12.8. The summed E-state index contributed by atoms with van der Waals surface area (Å²) in [5.41, 5.74) is 5.36. The molecule has 0 aliphatic rings. The zero-order valence-electron chi connectivity index (χ0n) is 34.4. The van der Waals surface area contributed by atoms with Crippen molar-refractivity contribution in [1.29, 1.82) is 0 Å². The quantitative estimate of drug-likeness (QED) is 0.0841. The van der Waals surface area contributed by atoms with Crippen LogP contribution >= 0.6 is 0 Å². The van der Waals surface area contributed by atoms with Crippen molar-refractivity contribution in [2.75, 3.05) is 0 Å². The van der Waals surface area contributed by atoms with Gasteiger partial charge in [0.2, 0.25) is 0 Å². The van der Waals surface area contributed by atoms with Gasteiger partial charge in [0.15, 0.2) is 23.0 Å². The largest absolute Gasteiger partial charge is 0.419 e. The Balaban J connectivity index is 0.000000224. The molecule has 0 aliphatic carbocycles. The van der Waals surface area contributed by atoms with Gasteiger partial charge in [0.25, 0.3) is 0 Å². The predicted octanol–water partition coefficient (Wildman–Crippen LogP) is 11.5. The normalized spacial score (nSPS) is 10.6. The number of hydrogen-bond acceptors (Lipinski definition) is 8. The third-order valence-corrected chi connectivity index (χ3v) is 8.97. The molecule has 0 radical (unpaired) electrons. The fraction of sp³-hybridized carbons (Fsp3) is 0.216. The smallest absolute Gasteiger partial charge is 0.343 e. The van der Waals surface area contributed by atoms with Crippen LogP contribution in [0.25, 0.3) is 0 Å². The van der Waals surface area contributed by atoms with E-state index >= 15 is 0 Å². The Bertz CT molecular complexity index is 2340. The summed E-state index contributed by atoms with van der Waals surface area (Å²) in [5, 5.41) is 0. The number of carbonyl (C=O) groups excluding carboxylic acids is 4. The van der Waals surface area contributed by atoms with E-state index in [2.05, 4.69) is 27.7 Å². The van der Waals surface area contributed by atoms with Crippen LogP contribution in [0, 0.1) is 18.8 Å². The maximum absolute atomic E-state index is 12.8. The highest BCUT2D eigenvalue weighted by atomic mass is 16.6. The summed E-state index contributed by atoms with van der Waals surface area (Å²) in [7, 11) is 0. The number of esters is 4. The second-order valence-electron chi connectivity index (χ2n) is 14.9. The van der Waals surface area contributed by atoms with E-state index in [9.17, 15) is 19.2 Å². The summed E-state index contributed by atoms with van der Waals surface area (Å²) < 4.78 is 22.9. The first-order valence-corrected chi connectivity index (χ1v) is 19.8. The summed E-state index contributed by atoms with van der Waals surface area (Å²) in [4.78, 5) is 50.7. The molecule has 6 rings (SSSR count). The minimum absolute atomic E-state index is 0.249. The van der Waals surface area contributed by atoms with Crippen LogP contribution in [0.1, 0.15) is 98.3 Å². The fourth-order valence-corrected chi connectivity index (χ4v) is 6.22. The molecular formula is C51H50O8. The molecular weight excluding hydrogens is 741 g/mol. The van der Waals surface area contributed by atoms with Crippen LogP contribution in [-0.4, -0.2) is 23.9 Å². The van der Waals surface area contributed by atoms with Gasteiger partial charge in [-0.15, -0.1) is 0 Å². The topological polar surface area (TPSA) is 105 Å². The predicted molar refractivity (Wildman–Crippen MR) is 230 cm³/mol. The monoisotopic (exact) mass is 790 g/mol. The Labute approximate surface area is 346 Å². The van der Waals surface area contributed by atoms with Crippen LogP contribution in [0.15, 0.2) is 146 Å². The van der Waals surface area contributed by atoms with Gasteiger partial charge in [-0.1, -0.05) is 120 Å². The Hall–Kier alpha value is -6.80. The van der Waals surface area contributed by atoms with Crippen LogP contribution in [0.4, 0.5) is 0 Å². The second-order valence-corrected chi connectivity index (χ2v) is 14.9. The van der Waals surface area contributed by atoms with Crippen molar-refractivity contribution < 1.29 is 38.1 Å². The molecule has 0 aromatic heterocycles. The first-order chi connectivity index (χ1) is 28.4. The van der Waals surface area contributed by atoms with Crippen molar-refractivity contribution in [2.24, 2.45) is 11.8 Å². The van der Waals surface area contributed by atoms with Crippen molar-refractivity contribution in [1.82, 2.24) is 0 Å². The summed E-state index contributed by atoms with van der Waals surface area (Å²) in [6, 6.07) is 42.5. The molecule has 8 nitrogen and oxygen atoms in total. The lowest BCUT2D eigenvalue weighted by Crippen LogP contribution is -2.15. The highest BCUT2D eigenvalue weighted by Crippen LogP contribution is 2.37. The molecule has 0 saturated carbocycles. The molecule has 0 N–H and O–H groups in total. The Kier molecular flexibility index (Phi) is 15.5. The van der Waals surface area contributed by atoms with Gasteiger partial charge in [0, 0.05) is 0 Å². The second kappa shape index (κ2) is 21.1. The lowest BCUT2D eigenvalue weighted by molar-refractivity contribution is 0.0680. The average molecular weight is 791 g/mol. The number of ether oxygens (including phenoxy) is 4. The SMILES string of the molecule is CCc1cc(CC(C)C)c(OC(=O)c2ccccc2)c(OC(=O)c2ccccc2)c1.Cc1cc(CC(C)C)c(OC(=O)c2ccccc2)c(OC(=O)c2ccccc2)c1. The van der Waals surface area contributed by atoms with E-state index in [-0.39, 0.29) is 11.5 Å².